The molecule has 0 aliphatic heterocycles. The molecule has 3 aromatic carbocycles. The largest absolute Gasteiger partial charge is 0.481 e. The fourth-order valence-corrected chi connectivity index (χ4v) is 5.50. The number of rotatable bonds is 6. The van der Waals surface area contributed by atoms with E-state index in [4.69, 9.17) is 11.6 Å². The quantitative estimate of drug-likeness (QED) is 0.277. The molecule has 5 nitrogen and oxygen atoms in total. The van der Waals surface area contributed by atoms with Crippen LogP contribution in [0.3, 0.4) is 0 Å². The maximum atomic E-state index is 14.9. The molecule has 0 unspecified atom stereocenters. The summed E-state index contributed by atoms with van der Waals surface area (Å²) >= 11 is 7.42. The van der Waals surface area contributed by atoms with Gasteiger partial charge in [-0.3, -0.25) is 9.59 Å². The Morgan fingerprint density at radius 1 is 1.00 bits per heavy atom. The van der Waals surface area contributed by atoms with E-state index in [0.29, 0.717) is 39.8 Å². The number of benzene rings is 3. The van der Waals surface area contributed by atoms with Gasteiger partial charge >= 0.3 is 5.97 Å². The van der Waals surface area contributed by atoms with Gasteiger partial charge in [-0.2, -0.15) is 0 Å². The molecule has 1 heterocycles. The third-order valence-corrected chi connectivity index (χ3v) is 7.42. The number of aliphatic carboxylic acids is 1. The van der Waals surface area contributed by atoms with E-state index in [-0.39, 0.29) is 5.78 Å². The average molecular weight is 495 g/mol. The third-order valence-electron chi connectivity index (χ3n) is 6.23. The normalized spacial score (nSPS) is 17.7. The smallest absolute Gasteiger partial charge is 0.307 e. The molecular weight excluding hydrogens is 475 g/mol. The first-order valence-electron chi connectivity index (χ1n) is 10.9. The van der Waals surface area contributed by atoms with Crippen LogP contribution in [0.1, 0.15) is 29.6 Å². The van der Waals surface area contributed by atoms with E-state index in [0.717, 1.165) is 22.2 Å². The highest BCUT2D eigenvalue weighted by molar-refractivity contribution is 7.22. The molecule has 5 rings (SSSR count). The molecule has 34 heavy (non-hydrogen) atoms. The van der Waals surface area contributed by atoms with E-state index >= 15 is 0 Å². The standard InChI is InChI=1S/C26H20ClFN2O3S/c27-17-9-11-23-22(13-17)30-26(34-23)29-21-10-8-16(12-20(21)28)14-4-6-15(7-5-14)24(31)18-2-1-3-19(18)25(32)33/h4-13,18-19H,1-3H2,(H,29,30)(H,32,33)/t18-,19-/m1/s1. The molecule has 0 bridgehead atoms. The van der Waals surface area contributed by atoms with Gasteiger partial charge in [-0.15, -0.1) is 0 Å². The Bertz CT molecular complexity index is 1400. The molecule has 1 aliphatic carbocycles. The molecule has 4 aromatic rings. The maximum absolute atomic E-state index is 14.9. The van der Waals surface area contributed by atoms with Crippen molar-refractivity contribution in [2.75, 3.05) is 5.32 Å². The van der Waals surface area contributed by atoms with Crippen LogP contribution in [0.25, 0.3) is 21.3 Å². The Morgan fingerprint density at radius 2 is 1.74 bits per heavy atom. The van der Waals surface area contributed by atoms with E-state index in [2.05, 4.69) is 10.3 Å². The first-order valence-corrected chi connectivity index (χ1v) is 12.1. The van der Waals surface area contributed by atoms with E-state index in [1.54, 1.807) is 48.5 Å². The highest BCUT2D eigenvalue weighted by atomic mass is 35.5. The minimum absolute atomic E-state index is 0.140. The Kier molecular flexibility index (Phi) is 6.06. The van der Waals surface area contributed by atoms with Gasteiger partial charge < -0.3 is 10.4 Å². The Labute approximate surface area is 204 Å². The summed E-state index contributed by atoms with van der Waals surface area (Å²) < 4.78 is 15.8. The fourth-order valence-electron chi connectivity index (χ4n) is 4.48. The van der Waals surface area contributed by atoms with Crippen molar-refractivity contribution in [2.24, 2.45) is 11.8 Å². The van der Waals surface area contributed by atoms with E-state index in [9.17, 15) is 19.1 Å². The number of nitrogens with zero attached hydrogens (tertiary/aromatic N) is 1. The van der Waals surface area contributed by atoms with Gasteiger partial charge in [0.1, 0.15) is 5.82 Å². The number of hydrogen-bond acceptors (Lipinski definition) is 5. The second kappa shape index (κ2) is 9.16. The topological polar surface area (TPSA) is 79.3 Å². The lowest BCUT2D eigenvalue weighted by Gasteiger charge is -2.15. The van der Waals surface area contributed by atoms with E-state index in [1.807, 2.05) is 6.07 Å². The number of carbonyl (C=O) groups excluding carboxylic acids is 1. The van der Waals surface area contributed by atoms with Gasteiger partial charge in [0.2, 0.25) is 0 Å². The highest BCUT2D eigenvalue weighted by Crippen LogP contribution is 2.35. The van der Waals surface area contributed by atoms with Crippen molar-refractivity contribution in [1.29, 1.82) is 0 Å². The lowest BCUT2D eigenvalue weighted by molar-refractivity contribution is -0.142. The van der Waals surface area contributed by atoms with Crippen molar-refractivity contribution in [1.82, 2.24) is 4.98 Å². The van der Waals surface area contributed by atoms with Gasteiger partial charge in [-0.05, 0) is 54.3 Å². The van der Waals surface area contributed by atoms with Crippen LogP contribution < -0.4 is 5.32 Å². The highest BCUT2D eigenvalue weighted by Gasteiger charge is 2.37. The molecule has 0 radical (unpaired) electrons. The van der Waals surface area contributed by atoms with Crippen LogP contribution in [0.2, 0.25) is 5.02 Å². The summed E-state index contributed by atoms with van der Waals surface area (Å²) in [5.74, 6) is -2.57. The summed E-state index contributed by atoms with van der Waals surface area (Å²) in [4.78, 5) is 28.7. The van der Waals surface area contributed by atoms with Crippen LogP contribution in [0, 0.1) is 17.7 Å². The van der Waals surface area contributed by atoms with Crippen LogP contribution >= 0.6 is 22.9 Å². The molecule has 1 aromatic heterocycles. The second-order valence-electron chi connectivity index (χ2n) is 8.37. The monoisotopic (exact) mass is 494 g/mol. The van der Waals surface area contributed by atoms with Gasteiger partial charge in [-0.1, -0.05) is 59.7 Å². The van der Waals surface area contributed by atoms with Crippen molar-refractivity contribution in [3.05, 3.63) is 77.1 Å². The SMILES string of the molecule is O=C(O)[C@@H]1CCC[C@H]1C(=O)c1ccc(-c2ccc(Nc3nc4cc(Cl)ccc4s3)c(F)c2)cc1. The van der Waals surface area contributed by atoms with Gasteiger partial charge in [0.15, 0.2) is 10.9 Å². The number of halogens is 2. The first-order chi connectivity index (χ1) is 16.4. The number of ketones is 1. The van der Waals surface area contributed by atoms with Crippen LogP contribution in [-0.4, -0.2) is 21.8 Å². The van der Waals surface area contributed by atoms with Gasteiger partial charge in [0, 0.05) is 16.5 Å². The maximum Gasteiger partial charge on any atom is 0.307 e. The summed E-state index contributed by atoms with van der Waals surface area (Å²) in [5.41, 5.74) is 2.97. The summed E-state index contributed by atoms with van der Waals surface area (Å²) in [6, 6.07) is 17.2. The number of hydrogen-bond donors (Lipinski definition) is 2. The molecule has 2 atom stereocenters. The fraction of sp³-hybridized carbons (Fsp3) is 0.192. The third kappa shape index (κ3) is 4.41. The van der Waals surface area contributed by atoms with Crippen molar-refractivity contribution < 1.29 is 19.1 Å². The van der Waals surface area contributed by atoms with Crippen molar-refractivity contribution >= 4 is 55.7 Å². The summed E-state index contributed by atoms with van der Waals surface area (Å²) in [5, 5.41) is 13.5. The number of carboxylic acids is 1. The zero-order chi connectivity index (χ0) is 23.8. The summed E-state index contributed by atoms with van der Waals surface area (Å²) in [6.07, 6.45) is 1.88. The van der Waals surface area contributed by atoms with E-state index in [1.165, 1.54) is 17.4 Å². The number of anilines is 2. The van der Waals surface area contributed by atoms with Crippen molar-refractivity contribution in [3.63, 3.8) is 0 Å². The predicted molar refractivity (Wildman–Crippen MR) is 133 cm³/mol. The molecule has 172 valence electrons. The van der Waals surface area contributed by atoms with Crippen LogP contribution in [0.5, 0.6) is 0 Å². The molecular formula is C26H20ClFN2O3S. The molecule has 1 fully saturated rings. The number of Topliss-reactive ketones (excluding diaryl/α,β-unsaturated/α-hetero) is 1. The van der Waals surface area contributed by atoms with Crippen LogP contribution in [0.4, 0.5) is 15.2 Å². The lowest BCUT2D eigenvalue weighted by atomic mass is 9.88. The first kappa shape index (κ1) is 22.5. The zero-order valence-electron chi connectivity index (χ0n) is 17.9. The number of thiazole rings is 1. The molecule has 8 heteroatoms. The number of carboxylic acid groups (broad SMARTS) is 1. The zero-order valence-corrected chi connectivity index (χ0v) is 19.5. The molecule has 0 spiro atoms. The molecule has 2 N–H and O–H groups in total. The minimum Gasteiger partial charge on any atom is -0.481 e. The summed E-state index contributed by atoms with van der Waals surface area (Å²) in [6.45, 7) is 0. The van der Waals surface area contributed by atoms with Crippen molar-refractivity contribution in [3.8, 4) is 11.1 Å². The molecule has 0 saturated heterocycles. The van der Waals surface area contributed by atoms with E-state index < -0.39 is 23.6 Å². The van der Waals surface area contributed by atoms with Crippen LogP contribution in [-0.2, 0) is 4.79 Å². The lowest BCUT2D eigenvalue weighted by Crippen LogP contribution is -2.25. The van der Waals surface area contributed by atoms with Crippen molar-refractivity contribution in [2.45, 2.75) is 19.3 Å². The molecule has 1 saturated carbocycles. The second-order valence-corrected chi connectivity index (χ2v) is 9.84. The minimum atomic E-state index is -0.911. The molecule has 1 aliphatic rings. The van der Waals surface area contributed by atoms with Crippen LogP contribution in [0.15, 0.2) is 60.7 Å². The molecule has 0 amide bonds. The Hall–Kier alpha value is -3.29. The van der Waals surface area contributed by atoms with Gasteiger partial charge in [0.05, 0.1) is 21.8 Å². The Balaban J connectivity index is 1.32. The average Bonchev–Trinajstić information content (AvgIpc) is 3.47. The predicted octanol–water partition coefficient (Wildman–Crippen LogP) is 7.18. The number of nitrogens with one attached hydrogen (secondary N) is 1. The number of carbonyl (C=O) groups is 2. The number of aromatic nitrogens is 1. The van der Waals surface area contributed by atoms with Gasteiger partial charge in [-0.25, -0.2) is 9.37 Å². The Morgan fingerprint density at radius 3 is 2.47 bits per heavy atom. The number of fused-ring (bicyclic) bond motifs is 1. The summed E-state index contributed by atoms with van der Waals surface area (Å²) in [7, 11) is 0. The van der Waals surface area contributed by atoms with Gasteiger partial charge in [0.25, 0.3) is 0 Å².